The summed E-state index contributed by atoms with van der Waals surface area (Å²) in [5.74, 6) is 0.556. The summed E-state index contributed by atoms with van der Waals surface area (Å²) in [6.45, 7) is 2.01. The number of non-ortho nitro benzene ring substituents is 1. The molecule has 162 valence electrons. The highest BCUT2D eigenvalue weighted by molar-refractivity contribution is 7.89. The van der Waals surface area contributed by atoms with Crippen molar-refractivity contribution >= 4 is 21.7 Å². The van der Waals surface area contributed by atoms with Gasteiger partial charge in [0.1, 0.15) is 0 Å². The molecule has 0 heterocycles. The molecule has 10 nitrogen and oxygen atoms in total. The fraction of sp³-hybridized carbons (Fsp3) is 0.316. The number of guanidine groups is 1. The largest absolute Gasteiger partial charge is 0.385 e. The van der Waals surface area contributed by atoms with Crippen LogP contribution in [0.3, 0.4) is 0 Å². The first-order chi connectivity index (χ1) is 14.3. The van der Waals surface area contributed by atoms with E-state index in [-0.39, 0.29) is 10.6 Å². The molecule has 11 heteroatoms. The van der Waals surface area contributed by atoms with Crippen LogP contribution in [0.2, 0.25) is 0 Å². The number of sulfonamides is 1. The summed E-state index contributed by atoms with van der Waals surface area (Å²) in [5, 5.41) is 22.2. The minimum Gasteiger partial charge on any atom is -0.385 e. The third-order valence-corrected chi connectivity index (χ3v) is 5.03. The van der Waals surface area contributed by atoms with Crippen molar-refractivity contribution in [2.75, 3.05) is 20.3 Å². The lowest BCUT2D eigenvalue weighted by molar-refractivity contribution is -0.384. The summed E-state index contributed by atoms with van der Waals surface area (Å²) in [6, 6.07) is 12.5. The molecule has 0 bridgehead atoms. The highest BCUT2D eigenvalue weighted by atomic mass is 32.2. The molecule has 0 aliphatic carbocycles. The van der Waals surface area contributed by atoms with Gasteiger partial charge in [-0.05, 0) is 29.7 Å². The van der Waals surface area contributed by atoms with Gasteiger partial charge in [-0.3, -0.25) is 10.1 Å². The van der Waals surface area contributed by atoms with E-state index in [1.165, 1.54) is 24.3 Å². The molecule has 0 aromatic heterocycles. The zero-order chi connectivity index (χ0) is 22.0. The average Bonchev–Trinajstić information content (AvgIpc) is 2.72. The van der Waals surface area contributed by atoms with Crippen molar-refractivity contribution in [1.82, 2.24) is 10.6 Å². The van der Waals surface area contributed by atoms with E-state index in [9.17, 15) is 18.5 Å². The Balaban J connectivity index is 2.02. The number of methoxy groups -OCH3 is 1. The van der Waals surface area contributed by atoms with Crippen molar-refractivity contribution in [3.8, 4) is 0 Å². The number of benzene rings is 2. The number of nitro benzene ring substituents is 1. The fourth-order valence-corrected chi connectivity index (χ4v) is 2.99. The van der Waals surface area contributed by atoms with E-state index in [4.69, 9.17) is 9.88 Å². The van der Waals surface area contributed by atoms with Gasteiger partial charge in [0.05, 0.1) is 16.4 Å². The number of rotatable bonds is 10. The van der Waals surface area contributed by atoms with E-state index in [0.717, 1.165) is 17.5 Å². The summed E-state index contributed by atoms with van der Waals surface area (Å²) >= 11 is 0. The molecule has 0 unspecified atom stereocenters. The first kappa shape index (κ1) is 23.3. The number of nitrogens with zero attached hydrogens (tertiary/aromatic N) is 2. The van der Waals surface area contributed by atoms with E-state index < -0.39 is 14.9 Å². The predicted molar refractivity (Wildman–Crippen MR) is 113 cm³/mol. The van der Waals surface area contributed by atoms with Crippen LogP contribution in [0.1, 0.15) is 17.5 Å². The Kier molecular flexibility index (Phi) is 8.71. The number of nitro groups is 1. The quantitative estimate of drug-likeness (QED) is 0.168. The van der Waals surface area contributed by atoms with Crippen LogP contribution in [0.25, 0.3) is 0 Å². The first-order valence-electron chi connectivity index (χ1n) is 9.16. The Labute approximate surface area is 175 Å². The van der Waals surface area contributed by atoms with Gasteiger partial charge in [-0.1, -0.05) is 24.3 Å². The Morgan fingerprint density at radius 2 is 1.73 bits per heavy atom. The van der Waals surface area contributed by atoms with Crippen LogP contribution in [-0.4, -0.2) is 39.6 Å². The Bertz CT molecular complexity index is 960. The van der Waals surface area contributed by atoms with Crippen molar-refractivity contribution in [2.45, 2.75) is 24.4 Å². The normalized spacial score (nSPS) is 11.9. The summed E-state index contributed by atoms with van der Waals surface area (Å²) < 4.78 is 27.7. The SMILES string of the molecule is COCCCNC(=NCc1ccc(S(N)(=O)=O)cc1)NCc1ccc([N+](=O)[O-])cc1. The fourth-order valence-electron chi connectivity index (χ4n) is 2.47. The molecule has 4 N–H and O–H groups in total. The second-order valence-electron chi connectivity index (χ2n) is 6.40. The van der Waals surface area contributed by atoms with E-state index in [1.54, 1.807) is 31.4 Å². The molecule has 0 aliphatic rings. The van der Waals surface area contributed by atoms with Crippen LogP contribution in [0, 0.1) is 10.1 Å². The van der Waals surface area contributed by atoms with Crippen LogP contribution in [0.5, 0.6) is 0 Å². The Morgan fingerprint density at radius 1 is 1.10 bits per heavy atom. The maximum Gasteiger partial charge on any atom is 0.269 e. The van der Waals surface area contributed by atoms with Crippen LogP contribution in [0.15, 0.2) is 58.4 Å². The van der Waals surface area contributed by atoms with Gasteiger partial charge in [0.25, 0.3) is 5.69 Å². The number of nitrogens with two attached hydrogens (primary N) is 1. The lowest BCUT2D eigenvalue weighted by atomic mass is 10.2. The van der Waals surface area contributed by atoms with Crippen molar-refractivity contribution in [3.63, 3.8) is 0 Å². The molecular formula is C19H25N5O5S. The molecule has 0 aliphatic heterocycles. The van der Waals surface area contributed by atoms with Crippen molar-refractivity contribution in [1.29, 1.82) is 0 Å². The molecule has 0 saturated heterocycles. The molecule has 0 saturated carbocycles. The van der Waals surface area contributed by atoms with Crippen molar-refractivity contribution in [3.05, 3.63) is 69.8 Å². The molecule has 0 spiro atoms. The molecule has 2 aromatic rings. The summed E-state index contributed by atoms with van der Waals surface area (Å²) in [6.07, 6.45) is 0.789. The maximum absolute atomic E-state index is 11.3. The van der Waals surface area contributed by atoms with E-state index in [0.29, 0.717) is 32.2 Å². The number of ether oxygens (including phenoxy) is 1. The molecule has 30 heavy (non-hydrogen) atoms. The van der Waals surface area contributed by atoms with Gasteiger partial charge in [-0.15, -0.1) is 0 Å². The molecule has 0 radical (unpaired) electrons. The lowest BCUT2D eigenvalue weighted by Crippen LogP contribution is -2.37. The summed E-state index contributed by atoms with van der Waals surface area (Å²) in [5.41, 5.74) is 1.72. The first-order valence-corrected chi connectivity index (χ1v) is 10.7. The third-order valence-electron chi connectivity index (χ3n) is 4.10. The Hall–Kier alpha value is -3.02. The number of nitrogens with one attached hydrogen (secondary N) is 2. The topological polar surface area (TPSA) is 149 Å². The van der Waals surface area contributed by atoms with Gasteiger partial charge in [-0.25, -0.2) is 18.5 Å². The molecule has 0 fully saturated rings. The molecule has 0 atom stereocenters. The zero-order valence-electron chi connectivity index (χ0n) is 16.6. The van der Waals surface area contributed by atoms with Crippen LogP contribution >= 0.6 is 0 Å². The number of hydrogen-bond acceptors (Lipinski definition) is 6. The van der Waals surface area contributed by atoms with Crippen LogP contribution in [-0.2, 0) is 27.8 Å². The predicted octanol–water partition coefficient (Wildman–Crippen LogP) is 1.51. The van der Waals surface area contributed by atoms with Gasteiger partial charge >= 0.3 is 0 Å². The van der Waals surface area contributed by atoms with Crippen LogP contribution in [0.4, 0.5) is 5.69 Å². The third kappa shape index (κ3) is 7.78. The van der Waals surface area contributed by atoms with Gasteiger partial charge in [0, 0.05) is 38.9 Å². The number of primary sulfonamides is 1. The van der Waals surface area contributed by atoms with Gasteiger partial charge in [0.15, 0.2) is 5.96 Å². The number of hydrogen-bond donors (Lipinski definition) is 3. The number of aliphatic imine (C=N–C) groups is 1. The highest BCUT2D eigenvalue weighted by Gasteiger charge is 2.07. The summed E-state index contributed by atoms with van der Waals surface area (Å²) in [7, 11) is -2.10. The molecule has 2 aromatic carbocycles. The van der Waals surface area contributed by atoms with Gasteiger partial charge in [-0.2, -0.15) is 0 Å². The van der Waals surface area contributed by atoms with E-state index >= 15 is 0 Å². The second-order valence-corrected chi connectivity index (χ2v) is 7.97. The zero-order valence-corrected chi connectivity index (χ0v) is 17.4. The average molecular weight is 436 g/mol. The van der Waals surface area contributed by atoms with Crippen molar-refractivity contribution < 1.29 is 18.1 Å². The second kappa shape index (κ2) is 11.2. The molecule has 0 amide bonds. The minimum absolute atomic E-state index is 0.0354. The summed E-state index contributed by atoms with van der Waals surface area (Å²) in [4.78, 5) is 14.9. The molecule has 2 rings (SSSR count). The Morgan fingerprint density at radius 3 is 2.30 bits per heavy atom. The molecular weight excluding hydrogens is 410 g/mol. The minimum atomic E-state index is -3.73. The van der Waals surface area contributed by atoms with Gasteiger partial charge < -0.3 is 15.4 Å². The van der Waals surface area contributed by atoms with E-state index in [2.05, 4.69) is 15.6 Å². The smallest absolute Gasteiger partial charge is 0.269 e. The van der Waals surface area contributed by atoms with Gasteiger partial charge in [0.2, 0.25) is 10.0 Å². The van der Waals surface area contributed by atoms with Crippen LogP contribution < -0.4 is 15.8 Å². The van der Waals surface area contributed by atoms with Crippen molar-refractivity contribution in [2.24, 2.45) is 10.1 Å². The van der Waals surface area contributed by atoms with E-state index in [1.807, 2.05) is 0 Å². The highest BCUT2D eigenvalue weighted by Crippen LogP contribution is 2.12. The standard InChI is InChI=1S/C19H25N5O5S/c1-29-12-2-11-21-19(22-13-15-3-7-17(8-4-15)24(25)26)23-14-16-5-9-18(10-6-16)30(20,27)28/h3-10H,2,11-14H2,1H3,(H2,20,27,28)(H2,21,22,23). The monoisotopic (exact) mass is 435 g/mol. The lowest BCUT2D eigenvalue weighted by Gasteiger charge is -2.13. The maximum atomic E-state index is 11.3.